The van der Waals surface area contributed by atoms with E-state index in [-0.39, 0.29) is 0 Å². The van der Waals surface area contributed by atoms with Crippen LogP contribution in [0.1, 0.15) is 36.0 Å². The van der Waals surface area contributed by atoms with Gasteiger partial charge >= 0.3 is 0 Å². The van der Waals surface area contributed by atoms with Crippen molar-refractivity contribution in [1.82, 2.24) is 9.97 Å². The summed E-state index contributed by atoms with van der Waals surface area (Å²) in [5, 5.41) is 0. The summed E-state index contributed by atoms with van der Waals surface area (Å²) in [6, 6.07) is 6.09. The third-order valence-corrected chi connectivity index (χ3v) is 4.33. The van der Waals surface area contributed by atoms with E-state index in [0.29, 0.717) is 5.92 Å². The molecule has 1 aliphatic heterocycles. The lowest BCUT2D eigenvalue weighted by Crippen LogP contribution is -2.24. The van der Waals surface area contributed by atoms with Gasteiger partial charge in [0.25, 0.3) is 0 Å². The second-order valence-corrected chi connectivity index (χ2v) is 6.20. The highest BCUT2D eigenvalue weighted by Gasteiger charge is 2.22. The van der Waals surface area contributed by atoms with Crippen LogP contribution in [-0.2, 0) is 19.3 Å². The number of aromatic nitrogens is 2. The minimum Gasteiger partial charge on any atom is -0.497 e. The van der Waals surface area contributed by atoms with Crippen LogP contribution in [0.25, 0.3) is 0 Å². The highest BCUT2D eigenvalue weighted by Crippen LogP contribution is 2.32. The van der Waals surface area contributed by atoms with Crippen LogP contribution in [0.3, 0.4) is 0 Å². The first-order valence-corrected chi connectivity index (χ1v) is 8.30. The van der Waals surface area contributed by atoms with Crippen LogP contribution in [0.4, 0.5) is 0 Å². The average Bonchev–Trinajstić information content (AvgIpc) is 2.57. The van der Waals surface area contributed by atoms with Crippen LogP contribution in [0.2, 0.25) is 0 Å². The molecule has 23 heavy (non-hydrogen) atoms. The Morgan fingerprint density at radius 3 is 3.00 bits per heavy atom. The molecule has 122 valence electrons. The molecular formula is C19H24N2O2. The van der Waals surface area contributed by atoms with Gasteiger partial charge in [-0.15, -0.1) is 0 Å². The fraction of sp³-hybridized carbons (Fsp3) is 0.474. The van der Waals surface area contributed by atoms with E-state index >= 15 is 0 Å². The Bertz CT molecular complexity index is 685. The molecule has 0 spiro atoms. The average molecular weight is 312 g/mol. The van der Waals surface area contributed by atoms with Gasteiger partial charge in [0.05, 0.1) is 13.7 Å². The second-order valence-electron chi connectivity index (χ2n) is 6.20. The smallest absolute Gasteiger partial charge is 0.126 e. The number of aryl methyl sites for hydroxylation is 2. The van der Waals surface area contributed by atoms with Gasteiger partial charge in [0.1, 0.15) is 17.3 Å². The molecule has 0 saturated heterocycles. The van der Waals surface area contributed by atoms with Gasteiger partial charge in [-0.3, -0.25) is 0 Å². The van der Waals surface area contributed by atoms with Crippen LogP contribution >= 0.6 is 0 Å². The zero-order chi connectivity index (χ0) is 16.2. The quantitative estimate of drug-likeness (QED) is 0.847. The third kappa shape index (κ3) is 3.63. The van der Waals surface area contributed by atoms with E-state index in [1.165, 1.54) is 16.8 Å². The Labute approximate surface area is 137 Å². The first-order valence-electron chi connectivity index (χ1n) is 8.30. The standard InChI is InChI=1S/C19H24N2O2/c1-4-5-16-11-20-13(2)21-18(16)9-14-8-15-6-7-17(22-3)10-19(15)23-12-14/h6-7,10-11,14H,4-5,8-9,12H2,1-3H3/t14-/m0/s1. The predicted octanol–water partition coefficient (Wildman–Crippen LogP) is 3.54. The summed E-state index contributed by atoms with van der Waals surface area (Å²) in [5.41, 5.74) is 3.72. The largest absolute Gasteiger partial charge is 0.497 e. The zero-order valence-corrected chi connectivity index (χ0v) is 14.1. The van der Waals surface area contributed by atoms with Crippen molar-refractivity contribution in [2.24, 2.45) is 5.92 Å². The highest BCUT2D eigenvalue weighted by atomic mass is 16.5. The lowest BCUT2D eigenvalue weighted by atomic mass is 9.91. The summed E-state index contributed by atoms with van der Waals surface area (Å²) in [6.45, 7) is 4.88. The van der Waals surface area contributed by atoms with E-state index in [4.69, 9.17) is 9.47 Å². The highest BCUT2D eigenvalue weighted by molar-refractivity contribution is 5.42. The second kappa shape index (κ2) is 6.99. The fourth-order valence-electron chi connectivity index (χ4n) is 3.14. The van der Waals surface area contributed by atoms with Gasteiger partial charge in [-0.05, 0) is 43.4 Å². The molecule has 0 saturated carbocycles. The molecule has 2 aromatic rings. The molecule has 4 nitrogen and oxygen atoms in total. The Morgan fingerprint density at radius 2 is 2.22 bits per heavy atom. The summed E-state index contributed by atoms with van der Waals surface area (Å²) in [5.74, 6) is 3.11. The molecule has 4 heteroatoms. The molecular weight excluding hydrogens is 288 g/mol. The number of nitrogens with zero attached hydrogens (tertiary/aromatic N) is 2. The van der Waals surface area contributed by atoms with Crippen molar-refractivity contribution in [3.63, 3.8) is 0 Å². The topological polar surface area (TPSA) is 44.2 Å². The molecule has 2 heterocycles. The van der Waals surface area contributed by atoms with Crippen molar-refractivity contribution in [2.45, 2.75) is 39.5 Å². The van der Waals surface area contributed by atoms with Gasteiger partial charge in [0.15, 0.2) is 0 Å². The number of rotatable bonds is 5. The maximum absolute atomic E-state index is 5.96. The van der Waals surface area contributed by atoms with Gasteiger partial charge in [0.2, 0.25) is 0 Å². The molecule has 1 aliphatic rings. The van der Waals surface area contributed by atoms with Crippen LogP contribution in [-0.4, -0.2) is 23.7 Å². The summed E-state index contributed by atoms with van der Waals surface area (Å²) in [7, 11) is 1.68. The molecule has 3 rings (SSSR count). The van der Waals surface area contributed by atoms with Crippen molar-refractivity contribution >= 4 is 0 Å². The van der Waals surface area contributed by atoms with Crippen LogP contribution in [0, 0.1) is 12.8 Å². The molecule has 1 atom stereocenters. The molecule has 0 aliphatic carbocycles. The van der Waals surface area contributed by atoms with Crippen molar-refractivity contribution in [2.75, 3.05) is 13.7 Å². The molecule has 1 aromatic carbocycles. The van der Waals surface area contributed by atoms with Gasteiger partial charge in [-0.25, -0.2) is 9.97 Å². The Balaban J connectivity index is 1.76. The van der Waals surface area contributed by atoms with Crippen molar-refractivity contribution < 1.29 is 9.47 Å². The van der Waals surface area contributed by atoms with E-state index in [0.717, 1.165) is 49.6 Å². The predicted molar refractivity (Wildman–Crippen MR) is 90.2 cm³/mol. The first kappa shape index (κ1) is 15.8. The van der Waals surface area contributed by atoms with Crippen LogP contribution in [0.15, 0.2) is 24.4 Å². The summed E-state index contributed by atoms with van der Waals surface area (Å²) >= 11 is 0. The SMILES string of the molecule is CCCc1cnc(C)nc1C[C@H]1COc2cc(OC)ccc2C1. The number of benzene rings is 1. The van der Waals surface area contributed by atoms with Gasteiger partial charge in [-0.1, -0.05) is 19.4 Å². The number of hydrogen-bond acceptors (Lipinski definition) is 4. The maximum atomic E-state index is 5.96. The molecule has 1 aromatic heterocycles. The Hall–Kier alpha value is -2.10. The number of ether oxygens (including phenoxy) is 2. The minimum absolute atomic E-state index is 0.459. The van der Waals surface area contributed by atoms with Gasteiger partial charge in [0, 0.05) is 23.9 Å². The lowest BCUT2D eigenvalue weighted by molar-refractivity contribution is 0.219. The zero-order valence-electron chi connectivity index (χ0n) is 14.1. The summed E-state index contributed by atoms with van der Waals surface area (Å²) in [4.78, 5) is 9.03. The van der Waals surface area contributed by atoms with E-state index in [1.807, 2.05) is 25.3 Å². The third-order valence-electron chi connectivity index (χ3n) is 4.33. The number of hydrogen-bond donors (Lipinski definition) is 0. The van der Waals surface area contributed by atoms with Crippen molar-refractivity contribution in [3.8, 4) is 11.5 Å². The van der Waals surface area contributed by atoms with Crippen LogP contribution in [0.5, 0.6) is 11.5 Å². The Kier molecular flexibility index (Phi) is 4.79. The lowest BCUT2D eigenvalue weighted by Gasteiger charge is -2.26. The number of fused-ring (bicyclic) bond motifs is 1. The van der Waals surface area contributed by atoms with Crippen molar-refractivity contribution in [3.05, 3.63) is 47.0 Å². The molecule has 0 fully saturated rings. The van der Waals surface area contributed by atoms with E-state index < -0.39 is 0 Å². The molecule has 0 bridgehead atoms. The molecule has 0 radical (unpaired) electrons. The van der Waals surface area contributed by atoms with Crippen molar-refractivity contribution in [1.29, 1.82) is 0 Å². The van der Waals surface area contributed by atoms with Gasteiger partial charge in [-0.2, -0.15) is 0 Å². The summed E-state index contributed by atoms with van der Waals surface area (Å²) < 4.78 is 11.2. The Morgan fingerprint density at radius 1 is 1.35 bits per heavy atom. The number of methoxy groups -OCH3 is 1. The van der Waals surface area contributed by atoms with Crippen LogP contribution < -0.4 is 9.47 Å². The molecule has 0 unspecified atom stereocenters. The maximum Gasteiger partial charge on any atom is 0.126 e. The van der Waals surface area contributed by atoms with Gasteiger partial charge < -0.3 is 9.47 Å². The van der Waals surface area contributed by atoms with E-state index in [1.54, 1.807) is 7.11 Å². The first-order chi connectivity index (χ1) is 11.2. The monoisotopic (exact) mass is 312 g/mol. The molecule has 0 N–H and O–H groups in total. The molecule has 0 amide bonds. The fourth-order valence-corrected chi connectivity index (χ4v) is 3.14. The van der Waals surface area contributed by atoms with E-state index in [9.17, 15) is 0 Å². The minimum atomic E-state index is 0.459. The summed E-state index contributed by atoms with van der Waals surface area (Å²) in [6.07, 6.45) is 6.11. The normalized spacial score (nSPS) is 16.6. The van der Waals surface area contributed by atoms with E-state index in [2.05, 4.69) is 23.0 Å².